The van der Waals surface area contributed by atoms with Crippen LogP contribution in [-0.2, 0) is 11.2 Å². The standard InChI is InChI=1S/C14H19NO/c1-10-4-2-5-11-7-9-16-14(13(10)11)12-6-3-8-15-12/h2,4-5,12,14-15H,3,6-9H2,1H3/t12-,14+/m1/s1. The molecule has 0 aliphatic carbocycles. The lowest BCUT2D eigenvalue weighted by molar-refractivity contribution is 0.0195. The zero-order chi connectivity index (χ0) is 11.0. The molecule has 0 amide bonds. The van der Waals surface area contributed by atoms with E-state index < -0.39 is 0 Å². The molecule has 2 aliphatic rings. The molecule has 0 saturated carbocycles. The van der Waals surface area contributed by atoms with Gasteiger partial charge in [0.2, 0.25) is 0 Å². The molecule has 2 heterocycles. The summed E-state index contributed by atoms with van der Waals surface area (Å²) >= 11 is 0. The Morgan fingerprint density at radius 3 is 3.12 bits per heavy atom. The van der Waals surface area contributed by atoms with Gasteiger partial charge in [0, 0.05) is 6.04 Å². The second-order valence-electron chi connectivity index (χ2n) is 4.89. The Balaban J connectivity index is 1.98. The van der Waals surface area contributed by atoms with Gasteiger partial charge in [0.1, 0.15) is 0 Å². The van der Waals surface area contributed by atoms with Gasteiger partial charge in [-0.05, 0) is 49.4 Å². The van der Waals surface area contributed by atoms with Gasteiger partial charge in [0.05, 0.1) is 12.7 Å². The van der Waals surface area contributed by atoms with Gasteiger partial charge in [-0.15, -0.1) is 0 Å². The molecule has 0 bridgehead atoms. The van der Waals surface area contributed by atoms with Gasteiger partial charge < -0.3 is 10.1 Å². The molecule has 0 spiro atoms. The first kappa shape index (κ1) is 10.3. The van der Waals surface area contributed by atoms with E-state index in [4.69, 9.17) is 4.74 Å². The molecule has 0 radical (unpaired) electrons. The first-order valence-electron chi connectivity index (χ1n) is 6.29. The van der Waals surface area contributed by atoms with Crippen molar-refractivity contribution in [3.8, 4) is 0 Å². The molecule has 2 aliphatic heterocycles. The second kappa shape index (κ2) is 4.19. The Kier molecular flexibility index (Phi) is 2.70. The van der Waals surface area contributed by atoms with E-state index in [1.54, 1.807) is 0 Å². The normalized spacial score (nSPS) is 29.1. The molecule has 1 fully saturated rings. The number of fused-ring (bicyclic) bond motifs is 1. The smallest absolute Gasteiger partial charge is 0.0983 e. The average molecular weight is 217 g/mol. The maximum atomic E-state index is 6.01. The van der Waals surface area contributed by atoms with Gasteiger partial charge in [-0.3, -0.25) is 0 Å². The minimum atomic E-state index is 0.285. The highest BCUT2D eigenvalue weighted by atomic mass is 16.5. The van der Waals surface area contributed by atoms with Crippen LogP contribution in [0.3, 0.4) is 0 Å². The first-order chi connectivity index (χ1) is 7.86. The van der Waals surface area contributed by atoms with Crippen LogP contribution in [0.2, 0.25) is 0 Å². The molecular weight excluding hydrogens is 198 g/mol. The van der Waals surface area contributed by atoms with Crippen LogP contribution >= 0.6 is 0 Å². The zero-order valence-corrected chi connectivity index (χ0v) is 9.83. The minimum Gasteiger partial charge on any atom is -0.372 e. The van der Waals surface area contributed by atoms with Gasteiger partial charge >= 0.3 is 0 Å². The summed E-state index contributed by atoms with van der Waals surface area (Å²) in [5, 5.41) is 3.57. The van der Waals surface area contributed by atoms with Crippen LogP contribution in [0.25, 0.3) is 0 Å². The molecule has 3 rings (SSSR count). The van der Waals surface area contributed by atoms with Gasteiger partial charge in [-0.2, -0.15) is 0 Å². The summed E-state index contributed by atoms with van der Waals surface area (Å²) in [5.74, 6) is 0. The van der Waals surface area contributed by atoms with Crippen molar-refractivity contribution in [3.63, 3.8) is 0 Å². The van der Waals surface area contributed by atoms with E-state index in [1.165, 1.54) is 29.5 Å². The Bertz CT molecular complexity index is 382. The van der Waals surface area contributed by atoms with Crippen molar-refractivity contribution in [2.24, 2.45) is 0 Å². The van der Waals surface area contributed by atoms with Crippen molar-refractivity contribution in [3.05, 3.63) is 34.9 Å². The number of benzene rings is 1. The minimum absolute atomic E-state index is 0.285. The van der Waals surface area contributed by atoms with E-state index in [0.29, 0.717) is 6.04 Å². The maximum absolute atomic E-state index is 6.01. The van der Waals surface area contributed by atoms with E-state index in [2.05, 4.69) is 30.4 Å². The van der Waals surface area contributed by atoms with E-state index in [9.17, 15) is 0 Å². The number of rotatable bonds is 1. The molecule has 0 unspecified atom stereocenters. The third-order valence-corrected chi connectivity index (χ3v) is 3.83. The van der Waals surface area contributed by atoms with Gasteiger partial charge in [0.25, 0.3) is 0 Å². The predicted octanol–water partition coefficient (Wildman–Crippen LogP) is 2.36. The van der Waals surface area contributed by atoms with Gasteiger partial charge in [0.15, 0.2) is 0 Å². The summed E-state index contributed by atoms with van der Waals surface area (Å²) < 4.78 is 6.01. The number of ether oxygens (including phenoxy) is 1. The second-order valence-corrected chi connectivity index (χ2v) is 4.89. The largest absolute Gasteiger partial charge is 0.372 e. The Morgan fingerprint density at radius 2 is 2.31 bits per heavy atom. The maximum Gasteiger partial charge on any atom is 0.0983 e. The molecule has 1 N–H and O–H groups in total. The Labute approximate surface area is 97.0 Å². The monoisotopic (exact) mass is 217 g/mol. The number of hydrogen-bond donors (Lipinski definition) is 1. The fourth-order valence-corrected chi connectivity index (χ4v) is 3.03. The van der Waals surface area contributed by atoms with Gasteiger partial charge in [-0.1, -0.05) is 18.2 Å². The molecule has 16 heavy (non-hydrogen) atoms. The Hall–Kier alpha value is -0.860. The van der Waals surface area contributed by atoms with Crippen molar-refractivity contribution >= 4 is 0 Å². The summed E-state index contributed by atoms with van der Waals surface area (Å²) in [4.78, 5) is 0. The highest BCUT2D eigenvalue weighted by molar-refractivity contribution is 5.38. The van der Waals surface area contributed by atoms with Crippen LogP contribution in [0.15, 0.2) is 18.2 Å². The van der Waals surface area contributed by atoms with Crippen LogP contribution in [0.4, 0.5) is 0 Å². The molecule has 0 aromatic heterocycles. The number of aryl methyl sites for hydroxylation is 1. The van der Waals surface area contributed by atoms with Crippen molar-refractivity contribution < 1.29 is 4.74 Å². The molecule has 2 atom stereocenters. The number of nitrogens with one attached hydrogen (secondary N) is 1. The van der Waals surface area contributed by atoms with Crippen LogP contribution in [0, 0.1) is 6.92 Å². The van der Waals surface area contributed by atoms with Crippen molar-refractivity contribution in [1.82, 2.24) is 5.32 Å². The molecule has 86 valence electrons. The predicted molar refractivity (Wildman–Crippen MR) is 64.6 cm³/mol. The zero-order valence-electron chi connectivity index (χ0n) is 9.83. The topological polar surface area (TPSA) is 21.3 Å². The van der Waals surface area contributed by atoms with E-state index in [0.717, 1.165) is 19.6 Å². The van der Waals surface area contributed by atoms with E-state index in [-0.39, 0.29) is 6.10 Å². The SMILES string of the molecule is Cc1cccc2c1[C@H]([C@H]1CCCN1)OCC2. The van der Waals surface area contributed by atoms with Crippen LogP contribution in [0.5, 0.6) is 0 Å². The molecule has 1 aromatic rings. The molecule has 1 aromatic carbocycles. The summed E-state index contributed by atoms with van der Waals surface area (Å²) in [6.45, 7) is 4.22. The quantitative estimate of drug-likeness (QED) is 0.779. The molecular formula is C14H19NO. The lowest BCUT2D eigenvalue weighted by Gasteiger charge is -2.32. The van der Waals surface area contributed by atoms with Crippen molar-refractivity contribution in [2.45, 2.75) is 38.3 Å². The van der Waals surface area contributed by atoms with Crippen LogP contribution < -0.4 is 5.32 Å². The molecule has 1 saturated heterocycles. The lowest BCUT2D eigenvalue weighted by Crippen LogP contribution is -2.34. The summed E-state index contributed by atoms with van der Waals surface area (Å²) in [6.07, 6.45) is 3.89. The highest BCUT2D eigenvalue weighted by Crippen LogP contribution is 2.34. The average Bonchev–Trinajstić information content (AvgIpc) is 2.82. The van der Waals surface area contributed by atoms with Crippen LogP contribution in [-0.4, -0.2) is 19.2 Å². The Morgan fingerprint density at radius 1 is 1.38 bits per heavy atom. The van der Waals surface area contributed by atoms with Crippen molar-refractivity contribution in [2.75, 3.05) is 13.2 Å². The summed E-state index contributed by atoms with van der Waals surface area (Å²) in [7, 11) is 0. The third-order valence-electron chi connectivity index (χ3n) is 3.83. The van der Waals surface area contributed by atoms with E-state index in [1.807, 2.05) is 0 Å². The van der Waals surface area contributed by atoms with Crippen molar-refractivity contribution in [1.29, 1.82) is 0 Å². The lowest BCUT2D eigenvalue weighted by atomic mass is 9.89. The molecule has 2 nitrogen and oxygen atoms in total. The third kappa shape index (κ3) is 1.66. The highest BCUT2D eigenvalue weighted by Gasteiger charge is 2.31. The fraction of sp³-hybridized carbons (Fsp3) is 0.571. The molecule has 2 heteroatoms. The van der Waals surface area contributed by atoms with E-state index >= 15 is 0 Å². The number of hydrogen-bond acceptors (Lipinski definition) is 2. The fourth-order valence-electron chi connectivity index (χ4n) is 3.03. The summed E-state index contributed by atoms with van der Waals surface area (Å²) in [6, 6.07) is 7.15. The van der Waals surface area contributed by atoms with Crippen LogP contribution in [0.1, 0.15) is 35.6 Å². The van der Waals surface area contributed by atoms with Gasteiger partial charge in [-0.25, -0.2) is 0 Å². The first-order valence-corrected chi connectivity index (χ1v) is 6.29. The summed E-state index contributed by atoms with van der Waals surface area (Å²) in [5.41, 5.74) is 4.33.